The second kappa shape index (κ2) is 6.89. The summed E-state index contributed by atoms with van der Waals surface area (Å²) in [6, 6.07) is 3.56. The van der Waals surface area contributed by atoms with Crippen LogP contribution in [0, 0.1) is 5.82 Å². The van der Waals surface area contributed by atoms with E-state index in [-0.39, 0.29) is 5.69 Å². The first-order valence-corrected chi connectivity index (χ1v) is 6.71. The Hall–Kier alpha value is -2.35. The number of hydrogen-bond donors (Lipinski definition) is 2. The lowest BCUT2D eigenvalue weighted by atomic mass is 10.1. The van der Waals surface area contributed by atoms with Crippen LogP contribution in [0.4, 0.5) is 10.1 Å². The van der Waals surface area contributed by atoms with Crippen LogP contribution in [0.5, 0.6) is 0 Å². The summed E-state index contributed by atoms with van der Waals surface area (Å²) in [7, 11) is 0. The van der Waals surface area contributed by atoms with Crippen LogP contribution in [0.25, 0.3) is 5.69 Å². The number of benzene rings is 1. The fraction of sp³-hybridized carbons (Fsp3) is 0.385. The number of unbranched alkanes of at least 4 members (excludes halogenated alkanes) is 1. The zero-order valence-electron chi connectivity index (χ0n) is 11.7. The van der Waals surface area contributed by atoms with E-state index in [1.54, 1.807) is 0 Å². The number of halogens is 1. The van der Waals surface area contributed by atoms with Gasteiger partial charge < -0.3 is 11.1 Å². The van der Waals surface area contributed by atoms with Gasteiger partial charge >= 0.3 is 0 Å². The molecule has 0 unspecified atom stereocenters. The molecule has 21 heavy (non-hydrogen) atoms. The molecule has 7 nitrogen and oxygen atoms in total. The molecule has 1 heterocycles. The number of nitrogens with one attached hydrogen (secondary N) is 1. The van der Waals surface area contributed by atoms with E-state index in [1.807, 2.05) is 6.92 Å². The summed E-state index contributed by atoms with van der Waals surface area (Å²) in [4.78, 5) is 11.9. The van der Waals surface area contributed by atoms with Gasteiger partial charge in [-0.05, 0) is 35.0 Å². The van der Waals surface area contributed by atoms with Crippen LogP contribution in [0.2, 0.25) is 0 Å². The molecule has 0 aliphatic carbocycles. The first-order valence-electron chi connectivity index (χ1n) is 6.71. The Kier molecular flexibility index (Phi) is 4.94. The first-order chi connectivity index (χ1) is 10.1. The Labute approximate surface area is 121 Å². The first kappa shape index (κ1) is 15.0. The lowest BCUT2D eigenvalue weighted by Gasteiger charge is -2.13. The summed E-state index contributed by atoms with van der Waals surface area (Å²) in [5.74, 6) is -0.945. The number of amides is 1. The van der Waals surface area contributed by atoms with E-state index in [0.29, 0.717) is 12.1 Å². The minimum absolute atomic E-state index is 0.0555. The third-order valence-corrected chi connectivity index (χ3v) is 3.03. The highest BCUT2D eigenvalue weighted by molar-refractivity contribution is 5.95. The molecule has 1 atom stereocenters. The fourth-order valence-electron chi connectivity index (χ4n) is 1.81. The van der Waals surface area contributed by atoms with Crippen molar-refractivity contribution < 1.29 is 9.18 Å². The van der Waals surface area contributed by atoms with Crippen molar-refractivity contribution in [2.45, 2.75) is 32.2 Å². The summed E-state index contributed by atoms with van der Waals surface area (Å²) in [6.07, 6.45) is 3.74. The van der Waals surface area contributed by atoms with E-state index in [4.69, 9.17) is 5.73 Å². The van der Waals surface area contributed by atoms with Gasteiger partial charge in [0.2, 0.25) is 5.91 Å². The quantitative estimate of drug-likeness (QED) is 0.835. The van der Waals surface area contributed by atoms with Crippen LogP contribution >= 0.6 is 0 Å². The number of nitrogens with zero attached hydrogens (tertiary/aromatic N) is 4. The smallest absolute Gasteiger partial charge is 0.241 e. The number of aromatic nitrogens is 4. The van der Waals surface area contributed by atoms with E-state index in [2.05, 4.69) is 20.8 Å². The van der Waals surface area contributed by atoms with Gasteiger partial charge in [-0.3, -0.25) is 4.79 Å². The molecular formula is C13H17FN6O. The topological polar surface area (TPSA) is 98.7 Å². The fourth-order valence-corrected chi connectivity index (χ4v) is 1.81. The normalized spacial score (nSPS) is 12.1. The van der Waals surface area contributed by atoms with Crippen molar-refractivity contribution in [1.29, 1.82) is 0 Å². The van der Waals surface area contributed by atoms with Crippen molar-refractivity contribution in [2.75, 3.05) is 5.32 Å². The Bertz CT molecular complexity index is 601. The molecular weight excluding hydrogens is 275 g/mol. The third kappa shape index (κ3) is 3.82. The van der Waals surface area contributed by atoms with Gasteiger partial charge in [0.05, 0.1) is 17.4 Å². The lowest BCUT2D eigenvalue weighted by molar-refractivity contribution is -0.117. The van der Waals surface area contributed by atoms with E-state index in [9.17, 15) is 9.18 Å². The number of anilines is 1. The zero-order chi connectivity index (χ0) is 15.2. The summed E-state index contributed by atoms with van der Waals surface area (Å²) in [5, 5.41) is 13.2. The third-order valence-electron chi connectivity index (χ3n) is 3.03. The van der Waals surface area contributed by atoms with Crippen LogP contribution in [0.3, 0.4) is 0 Å². The minimum atomic E-state index is -0.652. The number of carbonyl (C=O) groups is 1. The number of rotatable bonds is 6. The maximum atomic E-state index is 13.8. The van der Waals surface area contributed by atoms with Gasteiger partial charge in [-0.1, -0.05) is 19.8 Å². The standard InChI is InChI=1S/C13H17FN6O/c1-2-3-4-11(15)13(21)17-12-7-9(5-6-10(12)14)20-8-16-18-19-20/h5-8,11H,2-4,15H2,1H3,(H,17,21)/t11-/m0/s1. The number of hydrogen-bond acceptors (Lipinski definition) is 5. The van der Waals surface area contributed by atoms with Crippen LogP contribution in [-0.4, -0.2) is 32.2 Å². The van der Waals surface area contributed by atoms with Crippen molar-refractivity contribution in [3.63, 3.8) is 0 Å². The predicted molar refractivity (Wildman–Crippen MR) is 75.2 cm³/mol. The summed E-state index contributed by atoms with van der Waals surface area (Å²) in [5.41, 5.74) is 6.36. The Morgan fingerprint density at radius 2 is 2.33 bits per heavy atom. The maximum absolute atomic E-state index is 13.8. The van der Waals surface area contributed by atoms with Crippen molar-refractivity contribution in [2.24, 2.45) is 5.73 Å². The van der Waals surface area contributed by atoms with Gasteiger partial charge in [0.1, 0.15) is 12.1 Å². The molecule has 0 aliphatic heterocycles. The molecule has 0 fully saturated rings. The second-order valence-electron chi connectivity index (χ2n) is 4.66. The molecule has 0 radical (unpaired) electrons. The lowest BCUT2D eigenvalue weighted by Crippen LogP contribution is -2.35. The molecule has 0 saturated carbocycles. The molecule has 0 bridgehead atoms. The van der Waals surface area contributed by atoms with Gasteiger partial charge in [-0.25, -0.2) is 9.07 Å². The highest BCUT2D eigenvalue weighted by Gasteiger charge is 2.15. The molecule has 1 aromatic heterocycles. The van der Waals surface area contributed by atoms with Crippen molar-refractivity contribution in [3.05, 3.63) is 30.3 Å². The molecule has 0 saturated heterocycles. The average molecular weight is 292 g/mol. The van der Waals surface area contributed by atoms with Gasteiger partial charge in [0, 0.05) is 0 Å². The molecule has 0 aliphatic rings. The number of carbonyl (C=O) groups excluding carboxylic acids is 1. The molecule has 0 spiro atoms. The Morgan fingerprint density at radius 1 is 1.52 bits per heavy atom. The van der Waals surface area contributed by atoms with E-state index in [1.165, 1.54) is 29.2 Å². The van der Waals surface area contributed by atoms with Crippen LogP contribution in [0.15, 0.2) is 24.5 Å². The van der Waals surface area contributed by atoms with Crippen molar-refractivity contribution in [1.82, 2.24) is 20.2 Å². The van der Waals surface area contributed by atoms with E-state index in [0.717, 1.165) is 12.8 Å². The summed E-state index contributed by atoms with van der Waals surface area (Å²) >= 11 is 0. The maximum Gasteiger partial charge on any atom is 0.241 e. The second-order valence-corrected chi connectivity index (χ2v) is 4.66. The number of nitrogens with two attached hydrogens (primary N) is 1. The highest BCUT2D eigenvalue weighted by Crippen LogP contribution is 2.18. The van der Waals surface area contributed by atoms with Crippen LogP contribution in [-0.2, 0) is 4.79 Å². The molecule has 1 amide bonds. The Balaban J connectivity index is 2.12. The molecule has 2 rings (SSSR count). The molecule has 112 valence electrons. The van der Waals surface area contributed by atoms with Gasteiger partial charge in [-0.2, -0.15) is 0 Å². The largest absolute Gasteiger partial charge is 0.322 e. The van der Waals surface area contributed by atoms with Gasteiger partial charge in [0.15, 0.2) is 0 Å². The molecule has 1 aromatic carbocycles. The van der Waals surface area contributed by atoms with Crippen LogP contribution < -0.4 is 11.1 Å². The zero-order valence-corrected chi connectivity index (χ0v) is 11.7. The van der Waals surface area contributed by atoms with Crippen LogP contribution in [0.1, 0.15) is 26.2 Å². The molecule has 8 heteroatoms. The number of tetrazole rings is 1. The molecule has 3 N–H and O–H groups in total. The van der Waals surface area contributed by atoms with E-state index >= 15 is 0 Å². The van der Waals surface area contributed by atoms with Gasteiger partial charge in [-0.15, -0.1) is 5.10 Å². The van der Waals surface area contributed by atoms with Gasteiger partial charge in [0.25, 0.3) is 0 Å². The molecule has 2 aromatic rings. The Morgan fingerprint density at radius 3 is 3.00 bits per heavy atom. The SMILES string of the molecule is CCCC[C@H](N)C(=O)Nc1cc(-n2cnnn2)ccc1F. The van der Waals surface area contributed by atoms with Crippen molar-refractivity contribution >= 4 is 11.6 Å². The highest BCUT2D eigenvalue weighted by atomic mass is 19.1. The summed E-state index contributed by atoms with van der Waals surface area (Å²) in [6.45, 7) is 2.01. The monoisotopic (exact) mass is 292 g/mol. The van der Waals surface area contributed by atoms with Crippen molar-refractivity contribution in [3.8, 4) is 5.69 Å². The predicted octanol–water partition coefficient (Wildman–Crippen LogP) is 1.26. The van der Waals surface area contributed by atoms with E-state index < -0.39 is 17.8 Å². The summed E-state index contributed by atoms with van der Waals surface area (Å²) < 4.78 is 15.1. The minimum Gasteiger partial charge on any atom is -0.322 e. The average Bonchev–Trinajstić information content (AvgIpc) is 3.01.